The molecule has 0 saturated carbocycles. The number of hydrogen-bond acceptors (Lipinski definition) is 0. The minimum absolute atomic E-state index is 0. The van der Waals surface area contributed by atoms with Crippen LogP contribution in [0.5, 0.6) is 0 Å². The van der Waals surface area contributed by atoms with Crippen LogP contribution in [0.3, 0.4) is 0 Å². The molecule has 3 nitrogen and oxygen atoms in total. The fourth-order valence-corrected chi connectivity index (χ4v) is 1.81. The summed E-state index contributed by atoms with van der Waals surface area (Å²) in [7, 11) is 0. The van der Waals surface area contributed by atoms with E-state index in [1.54, 1.807) is 0 Å². The van der Waals surface area contributed by atoms with Crippen molar-refractivity contribution in [1.29, 1.82) is 0 Å². The smallest absolute Gasteiger partial charge is 0.127 e. The van der Waals surface area contributed by atoms with Crippen molar-refractivity contribution < 1.29 is 49.2 Å². The molecule has 3 aliphatic heterocycles. The highest BCUT2D eigenvalue weighted by Gasteiger charge is 2.29. The highest BCUT2D eigenvalue weighted by atomic mass is 79.9. The van der Waals surface area contributed by atoms with Gasteiger partial charge in [-0.2, -0.15) is 0 Å². The fraction of sp³-hybridized carbons (Fsp3) is 1.00. The van der Waals surface area contributed by atoms with E-state index in [4.69, 9.17) is 0 Å². The first kappa shape index (κ1) is 14.4. The van der Waals surface area contributed by atoms with Crippen LogP contribution in [0.2, 0.25) is 0 Å². The monoisotopic (exact) mass is 290 g/mol. The number of nitrogens with one attached hydrogen (secondary N) is 2. The van der Waals surface area contributed by atoms with Crippen LogP contribution in [0.1, 0.15) is 0 Å². The number of hydrogen-bond donors (Lipinski definition) is 2. The fourth-order valence-electron chi connectivity index (χ4n) is 1.81. The average Bonchev–Trinajstić information content (AvgIpc) is 1.92. The lowest BCUT2D eigenvalue weighted by atomic mass is 10.2. The van der Waals surface area contributed by atoms with Crippen molar-refractivity contribution in [3.63, 3.8) is 0 Å². The van der Waals surface area contributed by atoms with Gasteiger partial charge in [-0.3, -0.25) is 0 Å². The van der Waals surface area contributed by atoms with Crippen LogP contribution in [0.4, 0.5) is 0 Å². The summed E-state index contributed by atoms with van der Waals surface area (Å²) in [5, 5.41) is 0. The first-order valence-corrected chi connectivity index (χ1v) is 3.62. The molecule has 0 spiro atoms. The molecule has 3 rings (SSSR count). The third kappa shape index (κ3) is 3.38. The summed E-state index contributed by atoms with van der Waals surface area (Å²) in [4.78, 5) is 3.69. The molecule has 0 amide bonds. The Morgan fingerprint density at radius 2 is 0.727 bits per heavy atom. The molecule has 0 radical (unpaired) electrons. The van der Waals surface area contributed by atoms with Gasteiger partial charge in [0.2, 0.25) is 0 Å². The van der Waals surface area contributed by atoms with E-state index in [1.807, 2.05) is 9.80 Å². The van der Waals surface area contributed by atoms with Gasteiger partial charge >= 0.3 is 0 Å². The van der Waals surface area contributed by atoms with E-state index < -0.39 is 0 Å². The summed E-state index contributed by atoms with van der Waals surface area (Å²) >= 11 is 0. The zero-order chi connectivity index (χ0) is 5.40. The van der Waals surface area contributed by atoms with Crippen molar-refractivity contribution >= 4 is 0 Å². The molecule has 0 aliphatic carbocycles. The maximum absolute atomic E-state index is 1.85. The van der Waals surface area contributed by atoms with Gasteiger partial charge in [0.15, 0.2) is 0 Å². The Kier molecular flexibility index (Phi) is 8.32. The molecule has 0 unspecified atom stereocenters. The van der Waals surface area contributed by atoms with E-state index in [-0.39, 0.29) is 39.4 Å². The van der Waals surface area contributed by atoms with Gasteiger partial charge in [0, 0.05) is 0 Å². The third-order valence-electron chi connectivity index (χ3n) is 2.50. The number of piperazine rings is 3. The summed E-state index contributed by atoms with van der Waals surface area (Å²) in [5.41, 5.74) is 0. The SMILES string of the molecule is C1C[NH+]2CC[NH+]1CC2.O.[Br-].[Br-]. The lowest BCUT2D eigenvalue weighted by Gasteiger charge is -2.35. The summed E-state index contributed by atoms with van der Waals surface area (Å²) in [5.74, 6) is 0. The van der Waals surface area contributed by atoms with Crippen LogP contribution in [0.25, 0.3) is 0 Å². The van der Waals surface area contributed by atoms with Crippen LogP contribution in [0.15, 0.2) is 0 Å². The largest absolute Gasteiger partial charge is 1.00 e. The topological polar surface area (TPSA) is 40.4 Å². The van der Waals surface area contributed by atoms with Crippen molar-refractivity contribution in [2.75, 3.05) is 39.3 Å². The Hall–Kier alpha value is 0.840. The maximum Gasteiger partial charge on any atom is 0.127 e. The predicted octanol–water partition coefficient (Wildman–Crippen LogP) is -10.0. The molecule has 0 aromatic rings. The summed E-state index contributed by atoms with van der Waals surface area (Å²) in [6.07, 6.45) is 0. The van der Waals surface area contributed by atoms with Crippen LogP contribution in [-0.2, 0) is 0 Å². The summed E-state index contributed by atoms with van der Waals surface area (Å²) in [6.45, 7) is 8.64. The minimum atomic E-state index is 0. The molecule has 3 heterocycles. The van der Waals surface area contributed by atoms with E-state index in [0.29, 0.717) is 0 Å². The second-order valence-electron chi connectivity index (χ2n) is 3.00. The summed E-state index contributed by atoms with van der Waals surface area (Å²) < 4.78 is 0. The van der Waals surface area contributed by atoms with Crippen molar-refractivity contribution in [2.24, 2.45) is 0 Å². The second kappa shape index (κ2) is 6.37. The number of fused-ring (bicyclic) bond motifs is 3. The minimum Gasteiger partial charge on any atom is -1.00 e. The maximum atomic E-state index is 1.85. The first-order chi connectivity index (χ1) is 3.95. The van der Waals surface area contributed by atoms with Crippen LogP contribution < -0.4 is 43.8 Å². The molecular weight excluding hydrogens is 276 g/mol. The van der Waals surface area contributed by atoms with E-state index in [1.165, 1.54) is 39.3 Å². The average molecular weight is 292 g/mol. The molecule has 5 heteroatoms. The van der Waals surface area contributed by atoms with Crippen LogP contribution >= 0.6 is 0 Å². The molecule has 3 saturated heterocycles. The van der Waals surface area contributed by atoms with Gasteiger partial charge in [0.05, 0.1) is 0 Å². The molecule has 4 N–H and O–H groups in total. The number of rotatable bonds is 0. The lowest BCUT2D eigenvalue weighted by Crippen LogP contribution is -3.35. The Morgan fingerprint density at radius 3 is 0.818 bits per heavy atom. The zero-order valence-electron chi connectivity index (χ0n) is 6.50. The van der Waals surface area contributed by atoms with Crippen LogP contribution in [-0.4, -0.2) is 44.7 Å². The van der Waals surface area contributed by atoms with E-state index >= 15 is 0 Å². The predicted molar refractivity (Wildman–Crippen MR) is 34.7 cm³/mol. The Balaban J connectivity index is 0. The molecule has 3 aliphatic rings. The third-order valence-corrected chi connectivity index (χ3v) is 2.50. The standard InChI is InChI=1S/C6H12N2.2BrH.H2O/c1-2-8-5-3-7(1)4-6-8;;;/h1-6H2;2*1H;1H2. The molecule has 0 aromatic heterocycles. The van der Waals surface area contributed by atoms with Crippen molar-refractivity contribution in [2.45, 2.75) is 0 Å². The molecule has 3 fully saturated rings. The summed E-state index contributed by atoms with van der Waals surface area (Å²) in [6, 6.07) is 0. The van der Waals surface area contributed by atoms with Gasteiger partial charge in [-0.05, 0) is 0 Å². The zero-order valence-corrected chi connectivity index (χ0v) is 9.67. The molecule has 0 aromatic carbocycles. The van der Waals surface area contributed by atoms with Gasteiger partial charge in [-0.1, -0.05) is 0 Å². The Morgan fingerprint density at radius 1 is 0.545 bits per heavy atom. The highest BCUT2D eigenvalue weighted by Crippen LogP contribution is 1.64. The van der Waals surface area contributed by atoms with Gasteiger partial charge in [-0.25, -0.2) is 0 Å². The van der Waals surface area contributed by atoms with Gasteiger partial charge in [-0.15, -0.1) is 0 Å². The van der Waals surface area contributed by atoms with Crippen molar-refractivity contribution in [1.82, 2.24) is 0 Å². The normalized spacial score (nSPS) is 32.7. The van der Waals surface area contributed by atoms with Gasteiger partial charge < -0.3 is 49.2 Å². The Labute approximate surface area is 88.6 Å². The Bertz CT molecular complexity index is 73.6. The van der Waals surface area contributed by atoms with Gasteiger partial charge in [0.1, 0.15) is 39.3 Å². The van der Waals surface area contributed by atoms with E-state index in [9.17, 15) is 0 Å². The molecule has 70 valence electrons. The quantitative estimate of drug-likeness (QED) is 0.445. The van der Waals surface area contributed by atoms with E-state index in [2.05, 4.69) is 0 Å². The van der Waals surface area contributed by atoms with E-state index in [0.717, 1.165) is 0 Å². The molecular formula is C6H16Br2N2O. The lowest BCUT2D eigenvalue weighted by molar-refractivity contribution is -1.06. The first-order valence-electron chi connectivity index (χ1n) is 3.62. The molecule has 0 atom stereocenters. The van der Waals surface area contributed by atoms with Crippen LogP contribution in [0, 0.1) is 0 Å². The second-order valence-corrected chi connectivity index (χ2v) is 3.00. The van der Waals surface area contributed by atoms with Crippen molar-refractivity contribution in [3.8, 4) is 0 Å². The van der Waals surface area contributed by atoms with Gasteiger partial charge in [0.25, 0.3) is 0 Å². The molecule has 11 heavy (non-hydrogen) atoms. The van der Waals surface area contributed by atoms with Crippen molar-refractivity contribution in [3.05, 3.63) is 0 Å². The highest BCUT2D eigenvalue weighted by molar-refractivity contribution is 4.43. The molecule has 2 bridgehead atoms. The number of quaternary nitrogens is 2. The number of halogens is 2.